The molecule has 4 aromatic rings. The Bertz CT molecular complexity index is 1750. The van der Waals surface area contributed by atoms with Crippen molar-refractivity contribution >= 4 is 40.2 Å². The van der Waals surface area contributed by atoms with Crippen molar-refractivity contribution in [2.24, 2.45) is 0 Å². The topological polar surface area (TPSA) is 109 Å². The van der Waals surface area contributed by atoms with E-state index in [2.05, 4.69) is 25.2 Å². The maximum Gasteiger partial charge on any atom is 0.256 e. The third-order valence-electron chi connectivity index (χ3n) is 7.96. The summed E-state index contributed by atoms with van der Waals surface area (Å²) in [6.45, 7) is 6.45. The van der Waals surface area contributed by atoms with Crippen LogP contribution in [0.1, 0.15) is 49.4 Å². The summed E-state index contributed by atoms with van der Waals surface area (Å²) >= 11 is 6.50. The summed E-state index contributed by atoms with van der Waals surface area (Å²) in [6.07, 6.45) is 2.19. The Labute approximate surface area is 252 Å². The van der Waals surface area contributed by atoms with Crippen LogP contribution in [0.3, 0.4) is 0 Å². The molecule has 43 heavy (non-hydrogen) atoms. The van der Waals surface area contributed by atoms with Crippen LogP contribution >= 0.6 is 11.6 Å². The maximum absolute atomic E-state index is 15.5. The highest BCUT2D eigenvalue weighted by Gasteiger charge is 2.35. The van der Waals surface area contributed by atoms with Gasteiger partial charge in [0.25, 0.3) is 5.91 Å². The van der Waals surface area contributed by atoms with E-state index < -0.39 is 17.2 Å². The van der Waals surface area contributed by atoms with E-state index in [9.17, 15) is 9.90 Å². The van der Waals surface area contributed by atoms with E-state index in [1.807, 2.05) is 21.0 Å². The van der Waals surface area contributed by atoms with Crippen LogP contribution in [0, 0.1) is 11.6 Å². The minimum absolute atomic E-state index is 0.0149. The van der Waals surface area contributed by atoms with Gasteiger partial charge in [-0.3, -0.25) is 4.79 Å². The molecule has 0 radical (unpaired) electrons. The van der Waals surface area contributed by atoms with Crippen LogP contribution in [0.25, 0.3) is 22.3 Å². The number of amides is 1. The standard InChI is InChI=1S/C30H32ClF2N7O3/c1-15-14-43-26-19(11-22(33)24-25(26)40(15)28(36-24)30(2,3)42)23-20(31)12-34-29(37-23)35-16-6-7-18(21(32)10-16)27(41)39-9-8-17(13-39)38(4)5/h6-7,10-12,15,17,42H,8-9,13-14H2,1-5H3,(H,34,35,37)/t15-,17-/m0/s1. The highest BCUT2D eigenvalue weighted by Crippen LogP contribution is 2.45. The molecule has 1 amide bonds. The van der Waals surface area contributed by atoms with Crippen LogP contribution in [0.4, 0.5) is 20.4 Å². The number of carbonyl (C=O) groups is 1. The van der Waals surface area contributed by atoms with Gasteiger partial charge < -0.3 is 29.5 Å². The summed E-state index contributed by atoms with van der Waals surface area (Å²) in [5.74, 6) is -0.931. The number of likely N-dealkylation sites (N-methyl/N-ethyl adjacent to an activating group) is 1. The summed E-state index contributed by atoms with van der Waals surface area (Å²) in [5, 5.41) is 13.8. The monoisotopic (exact) mass is 611 g/mol. The van der Waals surface area contributed by atoms with E-state index in [0.717, 1.165) is 6.42 Å². The molecule has 2 N–H and O–H groups in total. The van der Waals surface area contributed by atoms with Gasteiger partial charge in [0.2, 0.25) is 5.95 Å². The zero-order valence-corrected chi connectivity index (χ0v) is 25.2. The second-order valence-corrected chi connectivity index (χ2v) is 12.2. The van der Waals surface area contributed by atoms with Crippen LogP contribution in [0.15, 0.2) is 30.5 Å². The molecule has 0 saturated carbocycles. The first kappa shape index (κ1) is 29.2. The number of anilines is 2. The predicted octanol–water partition coefficient (Wildman–Crippen LogP) is 5.13. The van der Waals surface area contributed by atoms with E-state index in [0.29, 0.717) is 35.9 Å². The second kappa shape index (κ2) is 10.7. The maximum atomic E-state index is 15.5. The van der Waals surface area contributed by atoms with Gasteiger partial charge >= 0.3 is 0 Å². The average Bonchev–Trinajstić information content (AvgIpc) is 3.60. The first-order valence-corrected chi connectivity index (χ1v) is 14.4. The third-order valence-corrected chi connectivity index (χ3v) is 8.24. The smallest absolute Gasteiger partial charge is 0.256 e. The van der Waals surface area contributed by atoms with Crippen LogP contribution in [0.2, 0.25) is 5.02 Å². The number of aliphatic hydroxyl groups is 1. The Balaban J connectivity index is 1.32. The fraction of sp³-hybridized carbons (Fsp3) is 0.400. The fourth-order valence-electron chi connectivity index (χ4n) is 5.70. The molecule has 226 valence electrons. The van der Waals surface area contributed by atoms with Gasteiger partial charge in [0, 0.05) is 30.4 Å². The molecule has 1 saturated heterocycles. The highest BCUT2D eigenvalue weighted by molar-refractivity contribution is 6.33. The van der Waals surface area contributed by atoms with Crippen molar-refractivity contribution < 1.29 is 23.4 Å². The molecule has 0 aliphatic carbocycles. The Morgan fingerprint density at radius 1 is 1.21 bits per heavy atom. The Hall–Kier alpha value is -3.87. The third kappa shape index (κ3) is 5.17. The normalized spacial score (nSPS) is 18.4. The van der Waals surface area contributed by atoms with E-state index in [-0.39, 0.29) is 57.9 Å². The second-order valence-electron chi connectivity index (χ2n) is 11.8. The summed E-state index contributed by atoms with van der Waals surface area (Å²) < 4.78 is 38.5. The first-order chi connectivity index (χ1) is 20.3. The molecule has 4 heterocycles. The number of hydrogen-bond acceptors (Lipinski definition) is 8. The number of nitrogens with one attached hydrogen (secondary N) is 1. The van der Waals surface area contributed by atoms with E-state index in [1.165, 1.54) is 24.4 Å². The number of hydrogen-bond donors (Lipinski definition) is 2. The molecule has 6 rings (SSSR count). The molecule has 1 fully saturated rings. The van der Waals surface area contributed by atoms with Gasteiger partial charge in [0.15, 0.2) is 11.6 Å². The van der Waals surface area contributed by atoms with Gasteiger partial charge in [-0.25, -0.2) is 23.7 Å². The SMILES string of the molecule is C[C@H]1COc2c(-c3nc(Nc4ccc(C(=O)N5CC[C@H](N(C)C)C5)c(F)c4)ncc3Cl)cc(F)c3nc(C(C)(C)O)n1c23. The fourth-order valence-corrected chi connectivity index (χ4v) is 5.89. The van der Waals surface area contributed by atoms with Crippen molar-refractivity contribution in [2.75, 3.05) is 39.1 Å². The Morgan fingerprint density at radius 3 is 2.65 bits per heavy atom. The lowest BCUT2D eigenvalue weighted by atomic mass is 10.1. The molecular formula is C30H32ClF2N7O3. The van der Waals surface area contributed by atoms with Crippen LogP contribution in [-0.4, -0.2) is 80.2 Å². The van der Waals surface area contributed by atoms with Crippen molar-refractivity contribution in [2.45, 2.75) is 44.9 Å². The molecule has 2 aliphatic rings. The summed E-state index contributed by atoms with van der Waals surface area (Å²) in [6, 6.07) is 5.49. The predicted molar refractivity (Wildman–Crippen MR) is 159 cm³/mol. The zero-order chi connectivity index (χ0) is 30.8. The van der Waals surface area contributed by atoms with Crippen molar-refractivity contribution in [3.8, 4) is 17.0 Å². The number of likely N-dealkylation sites (tertiary alicyclic amines) is 1. The molecule has 2 aliphatic heterocycles. The molecule has 2 aromatic heterocycles. The van der Waals surface area contributed by atoms with Gasteiger partial charge in [0.05, 0.1) is 28.5 Å². The average molecular weight is 612 g/mol. The molecule has 0 spiro atoms. The lowest BCUT2D eigenvalue weighted by Crippen LogP contribution is -2.34. The molecule has 0 unspecified atom stereocenters. The van der Waals surface area contributed by atoms with Crippen LogP contribution in [-0.2, 0) is 5.60 Å². The van der Waals surface area contributed by atoms with Crippen molar-refractivity contribution in [3.05, 3.63) is 58.5 Å². The Kier molecular flexibility index (Phi) is 7.26. The number of aromatic nitrogens is 4. The van der Waals surface area contributed by atoms with Crippen molar-refractivity contribution in [1.82, 2.24) is 29.3 Å². The number of carbonyl (C=O) groups excluding carboxylic acids is 1. The molecular weight excluding hydrogens is 580 g/mol. The van der Waals surface area contributed by atoms with E-state index in [4.69, 9.17) is 16.3 Å². The summed E-state index contributed by atoms with van der Waals surface area (Å²) in [7, 11) is 3.93. The van der Waals surface area contributed by atoms with E-state index in [1.54, 1.807) is 29.4 Å². The van der Waals surface area contributed by atoms with Crippen molar-refractivity contribution in [3.63, 3.8) is 0 Å². The number of rotatable bonds is 6. The Morgan fingerprint density at radius 2 is 1.98 bits per heavy atom. The van der Waals surface area contributed by atoms with Gasteiger partial charge in [-0.05, 0) is 65.6 Å². The van der Waals surface area contributed by atoms with Crippen LogP contribution in [0.5, 0.6) is 5.75 Å². The lowest BCUT2D eigenvalue weighted by molar-refractivity contribution is 0.0615. The molecule has 2 aromatic carbocycles. The zero-order valence-electron chi connectivity index (χ0n) is 24.5. The summed E-state index contributed by atoms with van der Waals surface area (Å²) in [4.78, 5) is 29.8. The van der Waals surface area contributed by atoms with Crippen LogP contribution < -0.4 is 10.1 Å². The minimum atomic E-state index is -1.32. The highest BCUT2D eigenvalue weighted by atomic mass is 35.5. The van der Waals surface area contributed by atoms with Crippen molar-refractivity contribution in [1.29, 1.82) is 0 Å². The number of nitrogens with zero attached hydrogens (tertiary/aromatic N) is 6. The molecule has 13 heteroatoms. The molecule has 2 atom stereocenters. The number of ether oxygens (including phenoxy) is 1. The lowest BCUT2D eigenvalue weighted by Gasteiger charge is -2.28. The minimum Gasteiger partial charge on any atom is -0.488 e. The van der Waals surface area contributed by atoms with Gasteiger partial charge in [-0.2, -0.15) is 0 Å². The molecule has 10 nitrogen and oxygen atoms in total. The van der Waals surface area contributed by atoms with Gasteiger partial charge in [-0.15, -0.1) is 0 Å². The number of imidazole rings is 1. The largest absolute Gasteiger partial charge is 0.488 e. The van der Waals surface area contributed by atoms with Gasteiger partial charge in [0.1, 0.15) is 34.9 Å². The molecule has 0 bridgehead atoms. The first-order valence-electron chi connectivity index (χ1n) is 14.0. The van der Waals surface area contributed by atoms with E-state index >= 15 is 8.78 Å². The summed E-state index contributed by atoms with van der Waals surface area (Å²) in [5.41, 5.74) is -0.0794. The van der Waals surface area contributed by atoms with Gasteiger partial charge in [-0.1, -0.05) is 11.6 Å². The quantitative estimate of drug-likeness (QED) is 0.309. The number of benzene rings is 2. The number of halogens is 3.